The van der Waals surface area contributed by atoms with Gasteiger partial charge >= 0.3 is 6.03 Å². The molecule has 4 nitrogen and oxygen atoms in total. The molecule has 1 aromatic carbocycles. The van der Waals surface area contributed by atoms with Crippen molar-refractivity contribution in [1.29, 1.82) is 5.26 Å². The SMILES string of the molecule is C/C(=C\NC(=O)Nc1ccc(C#N)cc1)C(C)(C)C. The molecule has 0 aliphatic rings. The third kappa shape index (κ3) is 4.84. The van der Waals surface area contributed by atoms with Crippen LogP contribution in [0.2, 0.25) is 0 Å². The summed E-state index contributed by atoms with van der Waals surface area (Å²) in [5.41, 5.74) is 2.33. The first-order chi connectivity index (χ1) is 8.82. The van der Waals surface area contributed by atoms with Crippen molar-refractivity contribution in [3.8, 4) is 6.07 Å². The van der Waals surface area contributed by atoms with Crippen LogP contribution in [-0.2, 0) is 0 Å². The molecule has 0 heterocycles. The van der Waals surface area contributed by atoms with Crippen molar-refractivity contribution in [3.63, 3.8) is 0 Å². The van der Waals surface area contributed by atoms with E-state index in [1.165, 1.54) is 0 Å². The molecule has 1 rings (SSSR count). The summed E-state index contributed by atoms with van der Waals surface area (Å²) in [6.07, 6.45) is 1.71. The zero-order valence-corrected chi connectivity index (χ0v) is 11.7. The van der Waals surface area contributed by atoms with Gasteiger partial charge in [-0.15, -0.1) is 0 Å². The summed E-state index contributed by atoms with van der Waals surface area (Å²) in [4.78, 5) is 11.7. The minimum atomic E-state index is -0.298. The van der Waals surface area contributed by atoms with Crippen LogP contribution in [-0.4, -0.2) is 6.03 Å². The van der Waals surface area contributed by atoms with Crippen LogP contribution in [0.4, 0.5) is 10.5 Å². The van der Waals surface area contributed by atoms with Gasteiger partial charge in [-0.3, -0.25) is 0 Å². The second-order valence-electron chi connectivity index (χ2n) is 5.36. The van der Waals surface area contributed by atoms with Gasteiger partial charge in [-0.2, -0.15) is 5.26 Å². The van der Waals surface area contributed by atoms with Gasteiger partial charge in [-0.05, 0) is 36.6 Å². The second kappa shape index (κ2) is 6.05. The Bertz CT molecular complexity index is 516. The third-order valence-corrected chi connectivity index (χ3v) is 2.87. The van der Waals surface area contributed by atoms with E-state index in [-0.39, 0.29) is 11.4 Å². The number of hydrogen-bond acceptors (Lipinski definition) is 2. The molecule has 0 aliphatic carbocycles. The number of hydrogen-bond donors (Lipinski definition) is 2. The number of allylic oxidation sites excluding steroid dienone is 1. The minimum absolute atomic E-state index is 0.0295. The van der Waals surface area contributed by atoms with E-state index in [1.807, 2.05) is 13.0 Å². The number of benzene rings is 1. The Morgan fingerprint density at radius 1 is 1.26 bits per heavy atom. The number of urea groups is 1. The lowest BCUT2D eigenvalue weighted by molar-refractivity contribution is 0.255. The Hall–Kier alpha value is -2.28. The molecule has 0 aliphatic heterocycles. The third-order valence-electron chi connectivity index (χ3n) is 2.87. The molecule has 0 saturated carbocycles. The van der Waals surface area contributed by atoms with Crippen LogP contribution in [0.25, 0.3) is 0 Å². The van der Waals surface area contributed by atoms with E-state index in [2.05, 4.69) is 31.4 Å². The summed E-state index contributed by atoms with van der Waals surface area (Å²) in [7, 11) is 0. The molecule has 1 aromatic rings. The van der Waals surface area contributed by atoms with Crippen molar-refractivity contribution in [2.75, 3.05) is 5.32 Å². The van der Waals surface area contributed by atoms with Crippen molar-refractivity contribution >= 4 is 11.7 Å². The highest BCUT2D eigenvalue weighted by Gasteiger charge is 2.12. The van der Waals surface area contributed by atoms with E-state index in [0.29, 0.717) is 11.3 Å². The van der Waals surface area contributed by atoms with E-state index >= 15 is 0 Å². The van der Waals surface area contributed by atoms with E-state index in [9.17, 15) is 4.79 Å². The molecule has 2 amide bonds. The van der Waals surface area contributed by atoms with Gasteiger partial charge in [0, 0.05) is 11.9 Å². The fraction of sp³-hybridized carbons (Fsp3) is 0.333. The lowest BCUT2D eigenvalue weighted by Crippen LogP contribution is -2.25. The molecule has 2 N–H and O–H groups in total. The summed E-state index contributed by atoms with van der Waals surface area (Å²) in [6, 6.07) is 8.43. The molecule has 0 aromatic heterocycles. The van der Waals surface area contributed by atoms with Gasteiger partial charge in [0.2, 0.25) is 0 Å². The highest BCUT2D eigenvalue weighted by molar-refractivity contribution is 5.89. The molecular weight excluding hydrogens is 238 g/mol. The Morgan fingerprint density at radius 2 is 1.84 bits per heavy atom. The Morgan fingerprint density at radius 3 is 2.32 bits per heavy atom. The van der Waals surface area contributed by atoms with Crippen LogP contribution in [0.1, 0.15) is 33.3 Å². The number of nitriles is 1. The average Bonchev–Trinajstić information content (AvgIpc) is 2.35. The first-order valence-electron chi connectivity index (χ1n) is 6.08. The summed E-state index contributed by atoms with van der Waals surface area (Å²) >= 11 is 0. The van der Waals surface area contributed by atoms with Crippen molar-refractivity contribution < 1.29 is 4.79 Å². The van der Waals surface area contributed by atoms with E-state index < -0.39 is 0 Å². The molecule has 0 saturated heterocycles. The molecule has 0 fully saturated rings. The van der Waals surface area contributed by atoms with Crippen LogP contribution in [0, 0.1) is 16.7 Å². The van der Waals surface area contributed by atoms with E-state index in [1.54, 1.807) is 30.5 Å². The predicted molar refractivity (Wildman–Crippen MR) is 76.5 cm³/mol. The van der Waals surface area contributed by atoms with Crippen molar-refractivity contribution in [1.82, 2.24) is 5.32 Å². The van der Waals surface area contributed by atoms with Gasteiger partial charge in [-0.25, -0.2) is 4.79 Å². The fourth-order valence-corrected chi connectivity index (χ4v) is 1.19. The zero-order valence-electron chi connectivity index (χ0n) is 11.7. The van der Waals surface area contributed by atoms with Crippen LogP contribution in [0.15, 0.2) is 36.0 Å². The molecular formula is C15H19N3O. The van der Waals surface area contributed by atoms with Crippen molar-refractivity contribution in [2.24, 2.45) is 5.41 Å². The number of rotatable bonds is 2. The standard InChI is InChI=1S/C15H19N3O/c1-11(15(2,3)4)10-17-14(19)18-13-7-5-12(9-16)6-8-13/h5-8,10H,1-4H3,(H2,17,18,19)/b11-10+. The number of carbonyl (C=O) groups is 1. The summed E-state index contributed by atoms with van der Waals surface area (Å²) < 4.78 is 0. The van der Waals surface area contributed by atoms with Gasteiger partial charge in [0.25, 0.3) is 0 Å². The summed E-state index contributed by atoms with van der Waals surface area (Å²) in [6.45, 7) is 8.22. The lowest BCUT2D eigenvalue weighted by Gasteiger charge is -2.19. The maximum absolute atomic E-state index is 11.7. The van der Waals surface area contributed by atoms with Crippen molar-refractivity contribution in [2.45, 2.75) is 27.7 Å². The molecule has 0 unspecified atom stereocenters. The number of amides is 2. The van der Waals surface area contributed by atoms with Gasteiger partial charge < -0.3 is 10.6 Å². The number of carbonyl (C=O) groups excluding carboxylic acids is 1. The quantitative estimate of drug-likeness (QED) is 0.849. The van der Waals surface area contributed by atoms with Crippen molar-refractivity contribution in [3.05, 3.63) is 41.6 Å². The van der Waals surface area contributed by atoms with E-state index in [0.717, 1.165) is 5.57 Å². The first kappa shape index (κ1) is 14.8. The molecule has 19 heavy (non-hydrogen) atoms. The smallest absolute Gasteiger partial charge is 0.314 e. The highest BCUT2D eigenvalue weighted by Crippen LogP contribution is 2.23. The zero-order chi connectivity index (χ0) is 14.5. The topological polar surface area (TPSA) is 64.9 Å². The van der Waals surface area contributed by atoms with Crippen LogP contribution >= 0.6 is 0 Å². The Kier molecular flexibility index (Phi) is 4.71. The Labute approximate surface area is 114 Å². The molecule has 0 spiro atoms. The van der Waals surface area contributed by atoms with Gasteiger partial charge in [0.1, 0.15) is 0 Å². The fourth-order valence-electron chi connectivity index (χ4n) is 1.19. The van der Waals surface area contributed by atoms with Crippen LogP contribution in [0.3, 0.4) is 0 Å². The lowest BCUT2D eigenvalue weighted by atomic mass is 9.88. The summed E-state index contributed by atoms with van der Waals surface area (Å²) in [5, 5.41) is 14.1. The molecule has 4 heteroatoms. The Balaban J connectivity index is 2.59. The molecule has 0 atom stereocenters. The minimum Gasteiger partial charge on any atom is -0.314 e. The van der Waals surface area contributed by atoms with Crippen LogP contribution < -0.4 is 10.6 Å². The molecule has 0 radical (unpaired) electrons. The maximum Gasteiger partial charge on any atom is 0.323 e. The predicted octanol–water partition coefficient (Wildman–Crippen LogP) is 3.63. The molecule has 100 valence electrons. The molecule has 0 bridgehead atoms. The van der Waals surface area contributed by atoms with E-state index in [4.69, 9.17) is 5.26 Å². The first-order valence-corrected chi connectivity index (χ1v) is 6.08. The highest BCUT2D eigenvalue weighted by atomic mass is 16.2. The number of nitrogens with one attached hydrogen (secondary N) is 2. The normalized spacial score (nSPS) is 11.6. The number of nitrogens with zero attached hydrogens (tertiary/aromatic N) is 1. The van der Waals surface area contributed by atoms with Gasteiger partial charge in [0.15, 0.2) is 0 Å². The largest absolute Gasteiger partial charge is 0.323 e. The average molecular weight is 257 g/mol. The maximum atomic E-state index is 11.7. The number of anilines is 1. The summed E-state index contributed by atoms with van der Waals surface area (Å²) in [5.74, 6) is 0. The van der Waals surface area contributed by atoms with Gasteiger partial charge in [-0.1, -0.05) is 26.3 Å². The van der Waals surface area contributed by atoms with Gasteiger partial charge in [0.05, 0.1) is 11.6 Å². The monoisotopic (exact) mass is 257 g/mol. The van der Waals surface area contributed by atoms with Crippen LogP contribution in [0.5, 0.6) is 0 Å². The second-order valence-corrected chi connectivity index (χ2v) is 5.36.